The number of halogens is 2. The molecule has 1 heterocycles. The van der Waals surface area contributed by atoms with E-state index in [4.69, 9.17) is 11.6 Å². The number of nitrogens with zero attached hydrogens (tertiary/aromatic N) is 3. The van der Waals surface area contributed by atoms with Crippen molar-refractivity contribution in [2.75, 3.05) is 0 Å². The molecule has 0 atom stereocenters. The molecule has 3 nitrogen and oxygen atoms in total. The standard InChI is InChI=1S/C14H9BrClN3/c15-11-4-1-3-10(7-11)14-17-9-18-19(14)13-6-2-5-12(16)8-13/h1-9H. The number of benzene rings is 2. The lowest BCUT2D eigenvalue weighted by molar-refractivity contribution is 0.887. The molecular formula is C14H9BrClN3. The molecule has 0 radical (unpaired) electrons. The number of rotatable bonds is 2. The maximum absolute atomic E-state index is 6.02. The van der Waals surface area contributed by atoms with Crippen LogP contribution in [0, 0.1) is 0 Å². The molecule has 3 aromatic rings. The van der Waals surface area contributed by atoms with Crippen LogP contribution in [0.2, 0.25) is 5.02 Å². The second-order valence-corrected chi connectivity index (χ2v) is 5.34. The van der Waals surface area contributed by atoms with E-state index < -0.39 is 0 Å². The molecule has 2 aromatic carbocycles. The average molecular weight is 335 g/mol. The highest BCUT2D eigenvalue weighted by Crippen LogP contribution is 2.24. The highest BCUT2D eigenvalue weighted by Gasteiger charge is 2.09. The molecule has 3 rings (SSSR count). The largest absolute Gasteiger partial charge is 0.215 e. The molecule has 0 aliphatic rings. The highest BCUT2D eigenvalue weighted by molar-refractivity contribution is 9.10. The lowest BCUT2D eigenvalue weighted by Crippen LogP contribution is -1.99. The Morgan fingerprint density at radius 1 is 1.05 bits per heavy atom. The van der Waals surface area contributed by atoms with E-state index in [9.17, 15) is 0 Å². The smallest absolute Gasteiger partial charge is 0.163 e. The van der Waals surface area contributed by atoms with Crippen LogP contribution in [0.15, 0.2) is 59.3 Å². The fourth-order valence-electron chi connectivity index (χ4n) is 1.86. The molecular weight excluding hydrogens is 326 g/mol. The Labute approximate surface area is 124 Å². The lowest BCUT2D eigenvalue weighted by Gasteiger charge is -2.06. The molecule has 0 fully saturated rings. The Morgan fingerprint density at radius 2 is 1.89 bits per heavy atom. The van der Waals surface area contributed by atoms with E-state index in [0.717, 1.165) is 21.5 Å². The van der Waals surface area contributed by atoms with E-state index in [2.05, 4.69) is 26.0 Å². The van der Waals surface area contributed by atoms with Crippen LogP contribution in [0.4, 0.5) is 0 Å². The van der Waals surface area contributed by atoms with Crippen LogP contribution in [0.25, 0.3) is 17.1 Å². The second kappa shape index (κ2) is 5.15. The molecule has 0 saturated heterocycles. The van der Waals surface area contributed by atoms with Gasteiger partial charge >= 0.3 is 0 Å². The Balaban J connectivity index is 2.13. The second-order valence-electron chi connectivity index (χ2n) is 3.99. The van der Waals surface area contributed by atoms with Crippen molar-refractivity contribution in [3.63, 3.8) is 0 Å². The highest BCUT2D eigenvalue weighted by atomic mass is 79.9. The van der Waals surface area contributed by atoms with Gasteiger partial charge in [-0.15, -0.1) is 0 Å². The fraction of sp³-hybridized carbons (Fsp3) is 0. The third kappa shape index (κ3) is 2.55. The van der Waals surface area contributed by atoms with Gasteiger partial charge in [-0.25, -0.2) is 9.67 Å². The Morgan fingerprint density at radius 3 is 2.68 bits per heavy atom. The van der Waals surface area contributed by atoms with E-state index >= 15 is 0 Å². The maximum atomic E-state index is 6.02. The van der Waals surface area contributed by atoms with Gasteiger partial charge in [-0.05, 0) is 30.3 Å². The minimum absolute atomic E-state index is 0.674. The van der Waals surface area contributed by atoms with Crippen LogP contribution in [0.3, 0.4) is 0 Å². The first-order valence-electron chi connectivity index (χ1n) is 5.66. The van der Waals surface area contributed by atoms with Gasteiger partial charge in [0.25, 0.3) is 0 Å². The topological polar surface area (TPSA) is 30.7 Å². The van der Waals surface area contributed by atoms with Crippen molar-refractivity contribution in [3.8, 4) is 17.1 Å². The van der Waals surface area contributed by atoms with Gasteiger partial charge < -0.3 is 0 Å². The molecule has 0 bridgehead atoms. The van der Waals surface area contributed by atoms with Crippen molar-refractivity contribution >= 4 is 27.5 Å². The summed E-state index contributed by atoms with van der Waals surface area (Å²) in [6.07, 6.45) is 1.54. The van der Waals surface area contributed by atoms with Gasteiger partial charge in [-0.1, -0.05) is 45.7 Å². The summed E-state index contributed by atoms with van der Waals surface area (Å²) in [5.74, 6) is 0.781. The van der Waals surface area contributed by atoms with Crippen LogP contribution in [-0.4, -0.2) is 14.8 Å². The molecule has 94 valence electrons. The third-order valence-corrected chi connectivity index (χ3v) is 3.41. The predicted octanol–water partition coefficient (Wildman–Crippen LogP) is 4.35. The molecule has 0 saturated carbocycles. The van der Waals surface area contributed by atoms with E-state index in [-0.39, 0.29) is 0 Å². The summed E-state index contributed by atoms with van der Waals surface area (Å²) in [5.41, 5.74) is 1.88. The van der Waals surface area contributed by atoms with Crippen LogP contribution in [0.1, 0.15) is 0 Å². The Hall–Kier alpha value is -1.65. The predicted molar refractivity (Wildman–Crippen MR) is 79.5 cm³/mol. The van der Waals surface area contributed by atoms with Gasteiger partial charge in [0.2, 0.25) is 0 Å². The minimum atomic E-state index is 0.674. The van der Waals surface area contributed by atoms with Crippen LogP contribution < -0.4 is 0 Å². The van der Waals surface area contributed by atoms with E-state index in [1.807, 2.05) is 48.5 Å². The van der Waals surface area contributed by atoms with Gasteiger partial charge in [-0.3, -0.25) is 0 Å². The van der Waals surface area contributed by atoms with E-state index in [1.54, 1.807) is 4.68 Å². The van der Waals surface area contributed by atoms with Crippen LogP contribution >= 0.6 is 27.5 Å². The van der Waals surface area contributed by atoms with E-state index in [0.29, 0.717) is 5.02 Å². The molecule has 0 N–H and O–H groups in total. The van der Waals surface area contributed by atoms with Crippen LogP contribution in [-0.2, 0) is 0 Å². The SMILES string of the molecule is Clc1cccc(-n2ncnc2-c2cccc(Br)c2)c1. The number of aromatic nitrogens is 3. The molecule has 0 unspecified atom stereocenters. The number of hydrogen-bond donors (Lipinski definition) is 0. The molecule has 0 spiro atoms. The van der Waals surface area contributed by atoms with Gasteiger partial charge in [0.15, 0.2) is 5.82 Å². The van der Waals surface area contributed by atoms with E-state index in [1.165, 1.54) is 6.33 Å². The summed E-state index contributed by atoms with van der Waals surface area (Å²) in [6.45, 7) is 0. The first-order valence-corrected chi connectivity index (χ1v) is 6.83. The van der Waals surface area contributed by atoms with Gasteiger partial charge in [-0.2, -0.15) is 5.10 Å². The molecule has 1 aromatic heterocycles. The van der Waals surface area contributed by atoms with Crippen molar-refractivity contribution in [3.05, 3.63) is 64.4 Å². The maximum Gasteiger partial charge on any atom is 0.163 e. The molecule has 0 aliphatic heterocycles. The van der Waals surface area contributed by atoms with Crippen LogP contribution in [0.5, 0.6) is 0 Å². The quantitative estimate of drug-likeness (QED) is 0.697. The van der Waals surface area contributed by atoms with Gasteiger partial charge in [0.05, 0.1) is 5.69 Å². The first kappa shape index (κ1) is 12.4. The van der Waals surface area contributed by atoms with Gasteiger partial charge in [0, 0.05) is 15.1 Å². The lowest BCUT2D eigenvalue weighted by atomic mass is 10.2. The number of hydrogen-bond acceptors (Lipinski definition) is 2. The monoisotopic (exact) mass is 333 g/mol. The van der Waals surface area contributed by atoms with Crippen molar-refractivity contribution in [2.45, 2.75) is 0 Å². The van der Waals surface area contributed by atoms with Gasteiger partial charge in [0.1, 0.15) is 6.33 Å². The normalized spacial score (nSPS) is 10.6. The summed E-state index contributed by atoms with van der Waals surface area (Å²) >= 11 is 9.48. The zero-order chi connectivity index (χ0) is 13.2. The Bertz CT molecular complexity index is 664. The molecule has 0 aliphatic carbocycles. The molecule has 5 heteroatoms. The summed E-state index contributed by atoms with van der Waals surface area (Å²) < 4.78 is 2.78. The molecule has 19 heavy (non-hydrogen) atoms. The zero-order valence-electron chi connectivity index (χ0n) is 9.79. The fourth-order valence-corrected chi connectivity index (χ4v) is 2.45. The first-order chi connectivity index (χ1) is 9.24. The van der Waals surface area contributed by atoms with Crippen molar-refractivity contribution < 1.29 is 0 Å². The summed E-state index contributed by atoms with van der Waals surface area (Å²) in [4.78, 5) is 4.32. The van der Waals surface area contributed by atoms with Crippen molar-refractivity contribution in [1.82, 2.24) is 14.8 Å². The summed E-state index contributed by atoms with van der Waals surface area (Å²) in [6, 6.07) is 15.5. The average Bonchev–Trinajstić information content (AvgIpc) is 2.88. The Kier molecular flexibility index (Phi) is 3.36. The minimum Gasteiger partial charge on any atom is -0.215 e. The summed E-state index contributed by atoms with van der Waals surface area (Å²) in [5, 5.41) is 4.94. The van der Waals surface area contributed by atoms with Crippen molar-refractivity contribution in [2.24, 2.45) is 0 Å². The molecule has 0 amide bonds. The zero-order valence-corrected chi connectivity index (χ0v) is 12.1. The van der Waals surface area contributed by atoms with Crippen molar-refractivity contribution in [1.29, 1.82) is 0 Å². The summed E-state index contributed by atoms with van der Waals surface area (Å²) in [7, 11) is 0. The third-order valence-electron chi connectivity index (χ3n) is 2.68.